The smallest absolute Gasteiger partial charge is 0.289 e. The first-order valence-electron chi connectivity index (χ1n) is 13.1. The number of hydrogen-bond acceptors (Lipinski definition) is 5. The van der Waals surface area contributed by atoms with Gasteiger partial charge < -0.3 is 19.0 Å². The van der Waals surface area contributed by atoms with E-state index >= 15 is 0 Å². The number of benzene rings is 3. The normalized spacial score (nSPS) is 11.2. The number of carbonyl (C=O) groups excluding carboxylic acids is 1. The molecule has 0 spiro atoms. The lowest BCUT2D eigenvalue weighted by atomic mass is 10.1. The van der Waals surface area contributed by atoms with Gasteiger partial charge in [-0.25, -0.2) is 4.39 Å². The lowest BCUT2D eigenvalue weighted by Crippen LogP contribution is -2.36. The summed E-state index contributed by atoms with van der Waals surface area (Å²) in [4.78, 5) is 19.5. The third-order valence-corrected chi connectivity index (χ3v) is 6.43. The number of likely N-dealkylation sites (N-methyl/N-ethyl adjacent to an activating group) is 1. The molecule has 3 aromatic carbocycles. The summed E-state index contributed by atoms with van der Waals surface area (Å²) in [6.07, 6.45) is 0. The fourth-order valence-electron chi connectivity index (χ4n) is 4.38. The van der Waals surface area contributed by atoms with Gasteiger partial charge in [0.2, 0.25) is 0 Å². The van der Waals surface area contributed by atoms with E-state index in [1.165, 1.54) is 6.07 Å². The van der Waals surface area contributed by atoms with Gasteiger partial charge >= 0.3 is 0 Å². The van der Waals surface area contributed by atoms with E-state index in [1.807, 2.05) is 85.7 Å². The lowest BCUT2D eigenvalue weighted by molar-refractivity contribution is 0.0695. The Hall–Kier alpha value is -3.94. The van der Waals surface area contributed by atoms with Crippen LogP contribution in [0.15, 0.2) is 95.4 Å². The Kier molecular flexibility index (Phi) is 9.89. The second-order valence-electron chi connectivity index (χ2n) is 9.90. The molecule has 0 aliphatic heterocycles. The topological polar surface area (TPSA) is 49.2 Å². The van der Waals surface area contributed by atoms with Crippen LogP contribution in [0.25, 0.3) is 0 Å². The number of halogens is 1. The molecular formula is C32H36FN3O3. The Balaban J connectivity index is 1.51. The number of nitrogens with zero attached hydrogens (tertiary/aromatic N) is 3. The number of furan rings is 1. The van der Waals surface area contributed by atoms with E-state index in [0.29, 0.717) is 44.2 Å². The highest BCUT2D eigenvalue weighted by Crippen LogP contribution is 2.20. The van der Waals surface area contributed by atoms with Crippen LogP contribution in [0.3, 0.4) is 0 Å². The van der Waals surface area contributed by atoms with Crippen molar-refractivity contribution in [1.29, 1.82) is 0 Å². The lowest BCUT2D eigenvalue weighted by Gasteiger charge is -2.24. The molecule has 0 bridgehead atoms. The first kappa shape index (κ1) is 28.1. The first-order valence-corrected chi connectivity index (χ1v) is 13.1. The average Bonchev–Trinajstić information content (AvgIpc) is 3.40. The van der Waals surface area contributed by atoms with Gasteiger partial charge in [-0.3, -0.25) is 9.69 Å². The van der Waals surface area contributed by atoms with Crippen LogP contribution in [0.1, 0.15) is 33.0 Å². The van der Waals surface area contributed by atoms with Crippen molar-refractivity contribution in [3.8, 4) is 5.75 Å². The summed E-state index contributed by atoms with van der Waals surface area (Å²) in [5.41, 5.74) is 3.02. The molecule has 204 valence electrons. The van der Waals surface area contributed by atoms with Gasteiger partial charge in [-0.05, 0) is 67.2 Å². The number of amides is 1. The summed E-state index contributed by atoms with van der Waals surface area (Å²) < 4.78 is 25.3. The number of methoxy groups -OCH3 is 1. The monoisotopic (exact) mass is 529 g/mol. The molecule has 4 rings (SSSR count). The van der Waals surface area contributed by atoms with Crippen molar-refractivity contribution in [3.05, 3.63) is 125 Å². The minimum absolute atomic E-state index is 0.140. The van der Waals surface area contributed by atoms with E-state index in [-0.39, 0.29) is 11.7 Å². The number of ether oxygens (including phenoxy) is 1. The van der Waals surface area contributed by atoms with Crippen LogP contribution in [0, 0.1) is 5.82 Å². The molecule has 0 N–H and O–H groups in total. The Morgan fingerprint density at radius 2 is 1.46 bits per heavy atom. The summed E-state index contributed by atoms with van der Waals surface area (Å²) in [5.74, 6) is 1.38. The van der Waals surface area contributed by atoms with Gasteiger partial charge in [-0.15, -0.1) is 0 Å². The summed E-state index contributed by atoms with van der Waals surface area (Å²) in [6, 6.07) is 28.1. The van der Waals surface area contributed by atoms with Crippen LogP contribution in [-0.2, 0) is 26.2 Å². The van der Waals surface area contributed by atoms with Crippen molar-refractivity contribution in [1.82, 2.24) is 14.7 Å². The minimum atomic E-state index is -0.265. The van der Waals surface area contributed by atoms with Gasteiger partial charge in [0.15, 0.2) is 5.76 Å². The SMILES string of the molecule is COc1ccc(CN(Cc2cccc(F)c2)Cc2ccc(C(=O)N(CCN(C)C)Cc3ccccc3)o2)cc1. The van der Waals surface area contributed by atoms with Crippen molar-refractivity contribution < 1.29 is 18.3 Å². The van der Waals surface area contributed by atoms with Crippen LogP contribution >= 0.6 is 0 Å². The molecular weight excluding hydrogens is 493 g/mol. The summed E-state index contributed by atoms with van der Waals surface area (Å²) in [7, 11) is 5.63. The zero-order valence-corrected chi connectivity index (χ0v) is 22.8. The van der Waals surface area contributed by atoms with Crippen molar-refractivity contribution in [2.24, 2.45) is 0 Å². The fraction of sp³-hybridized carbons (Fsp3) is 0.281. The van der Waals surface area contributed by atoms with Crippen LogP contribution in [-0.4, -0.2) is 54.9 Å². The molecule has 1 aromatic heterocycles. The van der Waals surface area contributed by atoms with Crippen LogP contribution in [0.2, 0.25) is 0 Å². The van der Waals surface area contributed by atoms with Crippen molar-refractivity contribution in [2.45, 2.75) is 26.2 Å². The maximum absolute atomic E-state index is 13.9. The summed E-state index contributed by atoms with van der Waals surface area (Å²) in [6.45, 7) is 3.44. The van der Waals surface area contributed by atoms with Crippen LogP contribution in [0.4, 0.5) is 4.39 Å². The van der Waals surface area contributed by atoms with Crippen molar-refractivity contribution in [3.63, 3.8) is 0 Å². The zero-order chi connectivity index (χ0) is 27.6. The molecule has 0 aliphatic rings. The molecule has 0 fully saturated rings. The largest absolute Gasteiger partial charge is 0.497 e. The second kappa shape index (κ2) is 13.7. The van der Waals surface area contributed by atoms with Gasteiger partial charge in [0, 0.05) is 32.7 Å². The highest BCUT2D eigenvalue weighted by molar-refractivity contribution is 5.91. The molecule has 0 aliphatic carbocycles. The zero-order valence-electron chi connectivity index (χ0n) is 22.8. The predicted octanol–water partition coefficient (Wildman–Crippen LogP) is 5.83. The highest BCUT2D eigenvalue weighted by atomic mass is 19.1. The van der Waals surface area contributed by atoms with Gasteiger partial charge in [-0.2, -0.15) is 0 Å². The Bertz CT molecular complexity index is 1320. The van der Waals surface area contributed by atoms with E-state index < -0.39 is 0 Å². The number of hydrogen-bond donors (Lipinski definition) is 0. The number of rotatable bonds is 13. The van der Waals surface area contributed by atoms with Crippen molar-refractivity contribution in [2.75, 3.05) is 34.3 Å². The van der Waals surface area contributed by atoms with E-state index in [4.69, 9.17) is 9.15 Å². The quantitative estimate of drug-likeness (QED) is 0.218. The molecule has 7 heteroatoms. The molecule has 1 amide bonds. The maximum atomic E-state index is 13.9. The summed E-state index contributed by atoms with van der Waals surface area (Å²) >= 11 is 0. The van der Waals surface area contributed by atoms with Crippen LogP contribution in [0.5, 0.6) is 5.75 Å². The maximum Gasteiger partial charge on any atom is 0.289 e. The van der Waals surface area contributed by atoms with Gasteiger partial charge in [0.05, 0.1) is 13.7 Å². The third kappa shape index (κ3) is 8.53. The molecule has 0 saturated carbocycles. The van der Waals surface area contributed by atoms with Gasteiger partial charge in [-0.1, -0.05) is 54.6 Å². The molecule has 1 heterocycles. The van der Waals surface area contributed by atoms with E-state index in [2.05, 4.69) is 9.80 Å². The second-order valence-corrected chi connectivity index (χ2v) is 9.90. The number of carbonyl (C=O) groups is 1. The molecule has 4 aromatic rings. The van der Waals surface area contributed by atoms with E-state index in [0.717, 1.165) is 29.0 Å². The molecule has 0 radical (unpaired) electrons. The Morgan fingerprint density at radius 3 is 2.15 bits per heavy atom. The average molecular weight is 530 g/mol. The predicted molar refractivity (Wildman–Crippen MR) is 151 cm³/mol. The van der Waals surface area contributed by atoms with Gasteiger partial charge in [0.1, 0.15) is 17.3 Å². The first-order chi connectivity index (χ1) is 18.9. The Morgan fingerprint density at radius 1 is 0.769 bits per heavy atom. The fourth-order valence-corrected chi connectivity index (χ4v) is 4.38. The standard InChI is InChI=1S/C32H36FN3O3/c1-34(2)18-19-36(23-25-8-5-4-6-9-25)32(37)31-17-16-30(39-31)24-35(22-27-10-7-11-28(33)20-27)21-26-12-14-29(38-3)15-13-26/h4-17,20H,18-19,21-24H2,1-3H3. The molecule has 6 nitrogen and oxygen atoms in total. The Labute approximate surface area is 230 Å². The third-order valence-electron chi connectivity index (χ3n) is 6.43. The minimum Gasteiger partial charge on any atom is -0.497 e. The van der Waals surface area contributed by atoms with Crippen LogP contribution < -0.4 is 4.74 Å². The molecule has 0 unspecified atom stereocenters. The highest BCUT2D eigenvalue weighted by Gasteiger charge is 2.21. The molecule has 0 saturated heterocycles. The summed E-state index contributed by atoms with van der Waals surface area (Å²) in [5, 5.41) is 0. The van der Waals surface area contributed by atoms with Crippen molar-refractivity contribution >= 4 is 5.91 Å². The van der Waals surface area contributed by atoms with E-state index in [1.54, 1.807) is 25.3 Å². The van der Waals surface area contributed by atoms with E-state index in [9.17, 15) is 9.18 Å². The van der Waals surface area contributed by atoms with Gasteiger partial charge in [0.25, 0.3) is 5.91 Å². The molecule has 0 atom stereocenters. The molecule has 39 heavy (non-hydrogen) atoms.